The first-order valence-corrected chi connectivity index (χ1v) is 9.99. The van der Waals surface area contributed by atoms with E-state index in [4.69, 9.17) is 5.73 Å². The zero-order chi connectivity index (χ0) is 18.8. The number of aryl methyl sites for hydroxylation is 1. The molecule has 3 heterocycles. The number of hydrogen-bond acceptors (Lipinski definition) is 6. The molecule has 0 bridgehead atoms. The number of thiophene rings is 1. The van der Waals surface area contributed by atoms with Crippen LogP contribution >= 0.6 is 22.7 Å². The number of hydrogen-bond donors (Lipinski definition) is 2. The fraction of sp³-hybridized carbons (Fsp3) is 0.412. The third kappa shape index (κ3) is 3.63. The topological polar surface area (TPSA) is 105 Å². The van der Waals surface area contributed by atoms with Gasteiger partial charge in [-0.3, -0.25) is 14.4 Å². The molecule has 1 aliphatic rings. The Labute approximate surface area is 159 Å². The molecule has 0 aromatic carbocycles. The number of nitrogens with two attached hydrogens (primary N) is 1. The fourth-order valence-electron chi connectivity index (χ4n) is 3.10. The van der Waals surface area contributed by atoms with Gasteiger partial charge in [-0.2, -0.15) is 0 Å². The molecule has 9 heteroatoms. The number of nitrogens with one attached hydrogen (secondary N) is 1. The Morgan fingerprint density at radius 3 is 2.65 bits per heavy atom. The minimum atomic E-state index is -0.536. The van der Waals surface area contributed by atoms with Crippen molar-refractivity contribution in [2.24, 2.45) is 5.73 Å². The summed E-state index contributed by atoms with van der Waals surface area (Å²) in [6.07, 6.45) is 1.61. The van der Waals surface area contributed by atoms with Gasteiger partial charge in [-0.05, 0) is 38.8 Å². The summed E-state index contributed by atoms with van der Waals surface area (Å²) in [5.74, 6) is -0.822. The molecule has 3 N–H and O–H groups in total. The minimum Gasteiger partial charge on any atom is -0.365 e. The number of rotatable bonds is 4. The van der Waals surface area contributed by atoms with Crippen molar-refractivity contribution in [1.82, 2.24) is 15.2 Å². The van der Waals surface area contributed by atoms with E-state index >= 15 is 0 Å². The highest BCUT2D eigenvalue weighted by Crippen LogP contribution is 2.24. The van der Waals surface area contributed by atoms with Crippen LogP contribution in [-0.2, 0) is 0 Å². The standard InChI is InChI=1S/C17H20N4O3S2/c1-9-14(25-8-19-9)16(23)20-11-4-3-7-21(10(11)2)17(24)13-6-5-12(26-13)15(18)22/h5-6,8,10-11H,3-4,7H2,1-2H3,(H2,18,22)(H,20,23). The molecule has 0 saturated carbocycles. The highest BCUT2D eigenvalue weighted by molar-refractivity contribution is 7.15. The molecular weight excluding hydrogens is 372 g/mol. The fourth-order valence-corrected chi connectivity index (χ4v) is 4.62. The average Bonchev–Trinajstić information content (AvgIpc) is 3.25. The molecule has 0 radical (unpaired) electrons. The van der Waals surface area contributed by atoms with Crippen molar-refractivity contribution in [2.75, 3.05) is 6.54 Å². The van der Waals surface area contributed by atoms with Gasteiger partial charge in [-0.15, -0.1) is 22.7 Å². The number of carbonyl (C=O) groups excluding carboxylic acids is 3. The van der Waals surface area contributed by atoms with Crippen molar-refractivity contribution in [2.45, 2.75) is 38.8 Å². The number of primary amides is 1. The molecule has 3 rings (SSSR count). The summed E-state index contributed by atoms with van der Waals surface area (Å²) in [5.41, 5.74) is 7.62. The van der Waals surface area contributed by atoms with Crippen LogP contribution < -0.4 is 11.1 Å². The second-order valence-electron chi connectivity index (χ2n) is 6.26. The van der Waals surface area contributed by atoms with E-state index in [9.17, 15) is 14.4 Å². The lowest BCUT2D eigenvalue weighted by atomic mass is 9.97. The first-order chi connectivity index (χ1) is 12.4. The van der Waals surface area contributed by atoms with E-state index in [0.717, 1.165) is 24.2 Å². The SMILES string of the molecule is Cc1ncsc1C(=O)NC1CCCN(C(=O)c2ccc(C(N)=O)s2)C1C. The van der Waals surface area contributed by atoms with Crippen LogP contribution in [0, 0.1) is 6.92 Å². The monoisotopic (exact) mass is 392 g/mol. The van der Waals surface area contributed by atoms with Crippen molar-refractivity contribution < 1.29 is 14.4 Å². The Morgan fingerprint density at radius 1 is 1.31 bits per heavy atom. The third-order valence-corrected chi connectivity index (χ3v) is 6.59. The molecule has 2 atom stereocenters. The second kappa shape index (κ2) is 7.55. The molecule has 7 nitrogen and oxygen atoms in total. The number of piperidine rings is 1. The van der Waals surface area contributed by atoms with Crippen LogP contribution in [0.25, 0.3) is 0 Å². The quantitative estimate of drug-likeness (QED) is 0.830. The highest BCUT2D eigenvalue weighted by atomic mass is 32.1. The molecular formula is C17H20N4O3S2. The van der Waals surface area contributed by atoms with E-state index in [0.29, 0.717) is 26.9 Å². The van der Waals surface area contributed by atoms with Gasteiger partial charge in [-0.1, -0.05) is 0 Å². The van der Waals surface area contributed by atoms with Gasteiger partial charge in [0.05, 0.1) is 21.0 Å². The maximum absolute atomic E-state index is 12.8. The molecule has 2 aromatic heterocycles. The Kier molecular flexibility index (Phi) is 5.38. The van der Waals surface area contributed by atoms with Crippen molar-refractivity contribution in [1.29, 1.82) is 0 Å². The molecule has 1 aliphatic heterocycles. The smallest absolute Gasteiger partial charge is 0.264 e. The molecule has 26 heavy (non-hydrogen) atoms. The number of aromatic nitrogens is 1. The molecule has 1 saturated heterocycles. The van der Waals surface area contributed by atoms with Crippen LogP contribution in [-0.4, -0.2) is 46.2 Å². The second-order valence-corrected chi connectivity index (χ2v) is 8.19. The molecule has 0 aliphatic carbocycles. The van der Waals surface area contributed by atoms with Gasteiger partial charge in [0.2, 0.25) is 0 Å². The maximum atomic E-state index is 12.8. The van der Waals surface area contributed by atoms with Crippen LogP contribution in [0.2, 0.25) is 0 Å². The van der Waals surface area contributed by atoms with Gasteiger partial charge in [0, 0.05) is 18.6 Å². The van der Waals surface area contributed by atoms with Crippen molar-refractivity contribution >= 4 is 40.4 Å². The number of carbonyl (C=O) groups is 3. The number of likely N-dealkylation sites (tertiary alicyclic amines) is 1. The number of thiazole rings is 1. The van der Waals surface area contributed by atoms with Gasteiger partial charge >= 0.3 is 0 Å². The average molecular weight is 393 g/mol. The van der Waals surface area contributed by atoms with Gasteiger partial charge < -0.3 is 16.0 Å². The van der Waals surface area contributed by atoms with E-state index in [1.807, 2.05) is 6.92 Å². The summed E-state index contributed by atoms with van der Waals surface area (Å²) < 4.78 is 0. The van der Waals surface area contributed by atoms with E-state index < -0.39 is 5.91 Å². The summed E-state index contributed by atoms with van der Waals surface area (Å²) in [4.78, 5) is 43.9. The molecule has 3 amide bonds. The normalized spacial score (nSPS) is 20.0. The van der Waals surface area contributed by atoms with Crippen molar-refractivity contribution in [3.8, 4) is 0 Å². The first kappa shape index (κ1) is 18.5. The van der Waals surface area contributed by atoms with Gasteiger partial charge in [0.25, 0.3) is 17.7 Å². The van der Waals surface area contributed by atoms with E-state index in [1.165, 1.54) is 11.3 Å². The summed E-state index contributed by atoms with van der Waals surface area (Å²) in [6.45, 7) is 4.36. The first-order valence-electron chi connectivity index (χ1n) is 8.30. The predicted molar refractivity (Wildman–Crippen MR) is 101 cm³/mol. The summed E-state index contributed by atoms with van der Waals surface area (Å²) >= 11 is 2.41. The molecule has 2 aromatic rings. The highest BCUT2D eigenvalue weighted by Gasteiger charge is 2.33. The van der Waals surface area contributed by atoms with Crippen molar-refractivity contribution in [3.05, 3.63) is 38.0 Å². The molecule has 138 valence electrons. The Hall–Kier alpha value is -2.26. The number of nitrogens with zero attached hydrogens (tertiary/aromatic N) is 2. The van der Waals surface area contributed by atoms with Crippen LogP contribution in [0.3, 0.4) is 0 Å². The van der Waals surface area contributed by atoms with Gasteiger partial charge in [0.15, 0.2) is 0 Å². The maximum Gasteiger partial charge on any atom is 0.264 e. The Bertz CT molecular complexity index is 845. The van der Waals surface area contributed by atoms with E-state index in [1.54, 1.807) is 29.5 Å². The predicted octanol–water partition coefficient (Wildman–Crippen LogP) is 2.04. The minimum absolute atomic E-state index is 0.128. The lowest BCUT2D eigenvalue weighted by molar-refractivity contribution is 0.0562. The largest absolute Gasteiger partial charge is 0.365 e. The van der Waals surface area contributed by atoms with Gasteiger partial charge in [-0.25, -0.2) is 4.98 Å². The number of amides is 3. The molecule has 0 spiro atoms. The molecule has 2 unspecified atom stereocenters. The lowest BCUT2D eigenvalue weighted by Gasteiger charge is -2.39. The van der Waals surface area contributed by atoms with Crippen LogP contribution in [0.15, 0.2) is 17.6 Å². The summed E-state index contributed by atoms with van der Waals surface area (Å²) in [5, 5.41) is 3.04. The van der Waals surface area contributed by atoms with Crippen LogP contribution in [0.1, 0.15) is 54.5 Å². The van der Waals surface area contributed by atoms with Crippen LogP contribution in [0.5, 0.6) is 0 Å². The zero-order valence-corrected chi connectivity index (χ0v) is 16.2. The summed E-state index contributed by atoms with van der Waals surface area (Å²) in [6, 6.07) is 2.92. The van der Waals surface area contributed by atoms with E-state index in [2.05, 4.69) is 10.3 Å². The Morgan fingerprint density at radius 2 is 2.04 bits per heavy atom. The van der Waals surface area contributed by atoms with Crippen LogP contribution in [0.4, 0.5) is 0 Å². The Balaban J connectivity index is 1.71. The van der Waals surface area contributed by atoms with Crippen molar-refractivity contribution in [3.63, 3.8) is 0 Å². The summed E-state index contributed by atoms with van der Waals surface area (Å²) in [7, 11) is 0. The van der Waals surface area contributed by atoms with Gasteiger partial charge in [0.1, 0.15) is 4.88 Å². The third-order valence-electron chi connectivity index (χ3n) is 4.58. The zero-order valence-electron chi connectivity index (χ0n) is 14.5. The van der Waals surface area contributed by atoms with E-state index in [-0.39, 0.29) is 23.9 Å². The molecule has 1 fully saturated rings. The lowest BCUT2D eigenvalue weighted by Crippen LogP contribution is -2.55.